The van der Waals surface area contributed by atoms with Crippen LogP contribution in [0.1, 0.15) is 32.8 Å². The largest absolute Gasteiger partial charge is 0.472 e. The maximum absolute atomic E-state index is 12.5. The summed E-state index contributed by atoms with van der Waals surface area (Å²) in [5.41, 5.74) is 2.15. The molecule has 0 aliphatic carbocycles. The van der Waals surface area contributed by atoms with Crippen LogP contribution in [0, 0.1) is 0 Å². The Hall–Kier alpha value is -2.08. The summed E-state index contributed by atoms with van der Waals surface area (Å²) in [6.45, 7) is 7.73. The average Bonchev–Trinajstić information content (AvgIpc) is 3.05. The quantitative estimate of drug-likeness (QED) is 0.777. The minimum absolute atomic E-state index is 0.0461. The second-order valence-electron chi connectivity index (χ2n) is 7.52. The maximum atomic E-state index is 12.5. The lowest BCUT2D eigenvalue weighted by Crippen LogP contribution is -2.34. The first-order valence-corrected chi connectivity index (χ1v) is 9.56. The molecule has 1 unspecified atom stereocenters. The molecule has 1 N–H and O–H groups in total. The highest BCUT2D eigenvalue weighted by atomic mass is 79.9. The molecule has 1 atom stereocenters. The molecule has 1 aromatic heterocycles. The van der Waals surface area contributed by atoms with Gasteiger partial charge in [0.05, 0.1) is 11.0 Å². The molecule has 138 valence electrons. The van der Waals surface area contributed by atoms with Gasteiger partial charge in [0.2, 0.25) is 5.88 Å². The number of carbonyl (C=O) groups excluding carboxylic acids is 1. The second-order valence-corrected chi connectivity index (χ2v) is 8.38. The van der Waals surface area contributed by atoms with E-state index >= 15 is 0 Å². The van der Waals surface area contributed by atoms with E-state index in [4.69, 9.17) is 4.74 Å². The van der Waals surface area contributed by atoms with E-state index in [-0.39, 0.29) is 17.6 Å². The zero-order valence-corrected chi connectivity index (χ0v) is 16.9. The third-order valence-electron chi connectivity index (χ3n) is 4.44. The first-order valence-electron chi connectivity index (χ1n) is 8.76. The summed E-state index contributed by atoms with van der Waals surface area (Å²) >= 11 is 3.43. The molecule has 0 spiro atoms. The van der Waals surface area contributed by atoms with E-state index in [1.807, 2.05) is 24.3 Å². The van der Waals surface area contributed by atoms with Crippen LogP contribution in [-0.2, 0) is 5.41 Å². The van der Waals surface area contributed by atoms with Crippen LogP contribution in [0.25, 0.3) is 0 Å². The van der Waals surface area contributed by atoms with Gasteiger partial charge >= 0.3 is 6.03 Å². The van der Waals surface area contributed by atoms with Crippen LogP contribution in [0.3, 0.4) is 0 Å². The molecule has 26 heavy (non-hydrogen) atoms. The Balaban J connectivity index is 1.55. The van der Waals surface area contributed by atoms with Gasteiger partial charge in [-0.25, -0.2) is 9.78 Å². The third kappa shape index (κ3) is 4.55. The van der Waals surface area contributed by atoms with Crippen molar-refractivity contribution in [3.8, 4) is 5.88 Å². The predicted octanol–water partition coefficient (Wildman–Crippen LogP) is 4.83. The van der Waals surface area contributed by atoms with Gasteiger partial charge in [0.1, 0.15) is 6.10 Å². The van der Waals surface area contributed by atoms with Crippen molar-refractivity contribution in [3.05, 3.63) is 52.6 Å². The van der Waals surface area contributed by atoms with Crippen molar-refractivity contribution < 1.29 is 9.53 Å². The van der Waals surface area contributed by atoms with Gasteiger partial charge in [-0.3, -0.25) is 0 Å². The topological polar surface area (TPSA) is 54.5 Å². The Bertz CT molecular complexity index is 771. The van der Waals surface area contributed by atoms with E-state index < -0.39 is 0 Å². The van der Waals surface area contributed by atoms with Crippen molar-refractivity contribution in [2.24, 2.45) is 0 Å². The van der Waals surface area contributed by atoms with Gasteiger partial charge < -0.3 is 15.0 Å². The van der Waals surface area contributed by atoms with Gasteiger partial charge in [-0.2, -0.15) is 0 Å². The number of hydrogen-bond donors (Lipinski definition) is 1. The summed E-state index contributed by atoms with van der Waals surface area (Å²) in [6, 6.07) is 11.7. The van der Waals surface area contributed by atoms with Crippen molar-refractivity contribution in [2.45, 2.75) is 38.7 Å². The lowest BCUT2D eigenvalue weighted by molar-refractivity contribution is 0.189. The predicted molar refractivity (Wildman–Crippen MR) is 107 cm³/mol. The van der Waals surface area contributed by atoms with Crippen LogP contribution < -0.4 is 10.1 Å². The number of rotatable bonds is 3. The summed E-state index contributed by atoms with van der Waals surface area (Å²) in [4.78, 5) is 18.5. The van der Waals surface area contributed by atoms with E-state index in [2.05, 4.69) is 59.1 Å². The molecule has 1 aliphatic rings. The number of halogens is 1. The molecule has 1 aromatic carbocycles. The van der Waals surface area contributed by atoms with Crippen molar-refractivity contribution in [2.75, 3.05) is 18.4 Å². The SMILES string of the molecule is CC(C)(C)c1ccc(NC(=O)N2CCC(Oc3ncccc3Br)C2)cc1. The van der Waals surface area contributed by atoms with Crippen LogP contribution in [-0.4, -0.2) is 35.1 Å². The van der Waals surface area contributed by atoms with Gasteiger partial charge in [0.25, 0.3) is 0 Å². The summed E-state index contributed by atoms with van der Waals surface area (Å²) in [5, 5.41) is 2.96. The highest BCUT2D eigenvalue weighted by Gasteiger charge is 2.28. The van der Waals surface area contributed by atoms with Gasteiger partial charge in [-0.1, -0.05) is 32.9 Å². The van der Waals surface area contributed by atoms with Gasteiger partial charge in [-0.05, 0) is 51.2 Å². The number of nitrogens with zero attached hydrogens (tertiary/aromatic N) is 2. The first-order chi connectivity index (χ1) is 12.3. The average molecular weight is 418 g/mol. The number of likely N-dealkylation sites (tertiary alicyclic amines) is 1. The number of aromatic nitrogens is 1. The smallest absolute Gasteiger partial charge is 0.321 e. The Kier molecular flexibility index (Phi) is 5.51. The minimum Gasteiger partial charge on any atom is -0.472 e. The maximum Gasteiger partial charge on any atom is 0.321 e. The molecule has 2 heterocycles. The number of urea groups is 1. The summed E-state index contributed by atoms with van der Waals surface area (Å²) < 4.78 is 6.73. The fourth-order valence-electron chi connectivity index (χ4n) is 2.88. The lowest BCUT2D eigenvalue weighted by Gasteiger charge is -2.20. The van der Waals surface area contributed by atoms with Gasteiger partial charge in [-0.15, -0.1) is 0 Å². The number of carbonyl (C=O) groups is 1. The first kappa shape index (κ1) is 18.7. The van der Waals surface area contributed by atoms with Crippen LogP contribution >= 0.6 is 15.9 Å². The number of benzene rings is 1. The normalized spacial score (nSPS) is 17.2. The van der Waals surface area contributed by atoms with E-state index in [0.29, 0.717) is 19.0 Å². The number of anilines is 1. The molecule has 1 saturated heterocycles. The van der Waals surface area contributed by atoms with Gasteiger partial charge in [0.15, 0.2) is 0 Å². The number of hydrogen-bond acceptors (Lipinski definition) is 3. The number of ether oxygens (including phenoxy) is 1. The number of nitrogens with one attached hydrogen (secondary N) is 1. The minimum atomic E-state index is -0.0975. The highest BCUT2D eigenvalue weighted by molar-refractivity contribution is 9.10. The molecular weight excluding hydrogens is 394 g/mol. The van der Waals surface area contributed by atoms with Gasteiger partial charge in [0, 0.05) is 24.8 Å². The standard InChI is InChI=1S/C20H24BrN3O2/c1-20(2,3)14-6-8-15(9-7-14)23-19(25)24-12-10-16(13-24)26-18-17(21)5-4-11-22-18/h4-9,11,16H,10,12-13H2,1-3H3,(H,23,25). The van der Waals surface area contributed by atoms with E-state index in [0.717, 1.165) is 16.6 Å². The lowest BCUT2D eigenvalue weighted by atomic mass is 9.87. The fourth-order valence-corrected chi connectivity index (χ4v) is 3.23. The zero-order chi connectivity index (χ0) is 18.7. The molecule has 2 amide bonds. The summed E-state index contributed by atoms with van der Waals surface area (Å²) in [7, 11) is 0. The molecule has 5 nitrogen and oxygen atoms in total. The number of pyridine rings is 1. The molecule has 3 rings (SSSR count). The Labute approximate surface area is 162 Å². The molecule has 0 saturated carbocycles. The van der Waals surface area contributed by atoms with Crippen LogP contribution in [0.2, 0.25) is 0 Å². The molecular formula is C20H24BrN3O2. The van der Waals surface area contributed by atoms with Crippen molar-refractivity contribution >= 4 is 27.6 Å². The Morgan fingerprint density at radius 1 is 1.27 bits per heavy atom. The second kappa shape index (κ2) is 7.66. The van der Waals surface area contributed by atoms with Crippen molar-refractivity contribution in [1.29, 1.82) is 0 Å². The van der Waals surface area contributed by atoms with Crippen LogP contribution in [0.4, 0.5) is 10.5 Å². The Morgan fingerprint density at radius 3 is 2.65 bits per heavy atom. The molecule has 2 aromatic rings. The molecule has 0 bridgehead atoms. The van der Waals surface area contributed by atoms with Crippen LogP contribution in [0.15, 0.2) is 47.1 Å². The van der Waals surface area contributed by atoms with E-state index in [1.165, 1.54) is 5.56 Å². The van der Waals surface area contributed by atoms with E-state index in [9.17, 15) is 4.79 Å². The molecule has 1 aliphatic heterocycles. The van der Waals surface area contributed by atoms with Crippen molar-refractivity contribution in [1.82, 2.24) is 9.88 Å². The monoisotopic (exact) mass is 417 g/mol. The summed E-state index contributed by atoms with van der Waals surface area (Å²) in [6.07, 6.45) is 2.44. The van der Waals surface area contributed by atoms with Crippen LogP contribution in [0.5, 0.6) is 5.88 Å². The van der Waals surface area contributed by atoms with Crippen molar-refractivity contribution in [3.63, 3.8) is 0 Å². The molecule has 0 radical (unpaired) electrons. The highest BCUT2D eigenvalue weighted by Crippen LogP contribution is 2.26. The Morgan fingerprint density at radius 2 is 2.00 bits per heavy atom. The molecule has 6 heteroatoms. The number of amides is 2. The molecule has 1 fully saturated rings. The summed E-state index contributed by atoms with van der Waals surface area (Å²) in [5.74, 6) is 0.567. The fraction of sp³-hybridized carbons (Fsp3) is 0.400. The third-order valence-corrected chi connectivity index (χ3v) is 5.04. The van der Waals surface area contributed by atoms with E-state index in [1.54, 1.807) is 11.1 Å². The zero-order valence-electron chi connectivity index (χ0n) is 15.3.